The lowest BCUT2D eigenvalue weighted by Gasteiger charge is -2.11. The Bertz CT molecular complexity index is 1210. The largest absolute Gasteiger partial charge is 0.416 e. The average Bonchev–Trinajstić information content (AvgIpc) is 2.95. The molecule has 4 aromatic rings. The Morgan fingerprint density at radius 1 is 1.00 bits per heavy atom. The van der Waals surface area contributed by atoms with Crippen LogP contribution in [0.5, 0.6) is 0 Å². The molecule has 0 unspecified atom stereocenters. The van der Waals surface area contributed by atoms with Crippen LogP contribution in [0.2, 0.25) is 0 Å². The minimum Gasteiger partial charge on any atom is -0.250 e. The van der Waals surface area contributed by atoms with Gasteiger partial charge in [-0.25, -0.2) is 9.48 Å². The summed E-state index contributed by atoms with van der Waals surface area (Å²) in [4.78, 5) is 13.6. The number of hydrogen-bond acceptors (Lipinski definition) is 3. The maximum Gasteiger partial charge on any atom is 0.416 e. The zero-order chi connectivity index (χ0) is 19.9. The molecule has 142 valence electrons. The molecule has 0 atom stereocenters. The van der Waals surface area contributed by atoms with Gasteiger partial charge in [-0.3, -0.25) is 4.40 Å². The first-order chi connectivity index (χ1) is 13.3. The lowest BCUT2D eigenvalue weighted by Crippen LogP contribution is -2.17. The molecular formula is C20H14F3N3OS. The SMILES string of the molecule is Cn1nc2cc(-c3ccccc3Sc3ccc(C(F)(F)F)cc3)ccn2c1=O. The number of alkyl halides is 3. The first-order valence-corrected chi connectivity index (χ1v) is 9.14. The molecule has 4 rings (SSSR count). The molecule has 28 heavy (non-hydrogen) atoms. The molecule has 0 aliphatic heterocycles. The Labute approximate surface area is 162 Å². The number of aryl methyl sites for hydroxylation is 1. The topological polar surface area (TPSA) is 39.3 Å². The van der Waals surface area contributed by atoms with E-state index in [1.54, 1.807) is 13.2 Å². The van der Waals surface area contributed by atoms with Gasteiger partial charge < -0.3 is 0 Å². The van der Waals surface area contributed by atoms with Crippen molar-refractivity contribution < 1.29 is 13.2 Å². The molecule has 4 nitrogen and oxygen atoms in total. The van der Waals surface area contributed by atoms with Gasteiger partial charge in [0.05, 0.1) is 5.56 Å². The highest BCUT2D eigenvalue weighted by Crippen LogP contribution is 2.37. The van der Waals surface area contributed by atoms with Crippen LogP contribution in [0, 0.1) is 0 Å². The van der Waals surface area contributed by atoms with Crippen LogP contribution < -0.4 is 5.69 Å². The molecule has 0 aliphatic carbocycles. The monoisotopic (exact) mass is 401 g/mol. The molecule has 8 heteroatoms. The summed E-state index contributed by atoms with van der Waals surface area (Å²) in [5, 5.41) is 4.20. The zero-order valence-electron chi connectivity index (χ0n) is 14.6. The van der Waals surface area contributed by atoms with Gasteiger partial charge in [0.2, 0.25) is 0 Å². The van der Waals surface area contributed by atoms with E-state index in [0.717, 1.165) is 28.2 Å². The number of nitrogens with zero attached hydrogens (tertiary/aromatic N) is 3. The van der Waals surface area contributed by atoms with Gasteiger partial charge in [-0.1, -0.05) is 30.0 Å². The Morgan fingerprint density at radius 2 is 1.71 bits per heavy atom. The molecule has 0 amide bonds. The Kier molecular flexibility index (Phi) is 4.50. The summed E-state index contributed by atoms with van der Waals surface area (Å²) in [5.41, 5.74) is 1.41. The normalized spacial score (nSPS) is 11.9. The molecule has 2 aromatic carbocycles. The van der Waals surface area contributed by atoms with Gasteiger partial charge in [0, 0.05) is 23.0 Å². The summed E-state index contributed by atoms with van der Waals surface area (Å²) in [6, 6.07) is 16.3. The van der Waals surface area contributed by atoms with Crippen LogP contribution in [0.1, 0.15) is 5.56 Å². The standard InChI is InChI=1S/C20H14F3N3OS/c1-25-19(27)26-11-10-13(12-18(26)24-25)16-4-2-3-5-17(16)28-15-8-6-14(7-9-15)20(21,22)23/h2-12H,1H3. The summed E-state index contributed by atoms with van der Waals surface area (Å²) in [5.74, 6) is 0. The maximum absolute atomic E-state index is 12.8. The number of aromatic nitrogens is 3. The van der Waals surface area contributed by atoms with Crippen molar-refractivity contribution >= 4 is 17.4 Å². The summed E-state index contributed by atoms with van der Waals surface area (Å²) in [7, 11) is 1.59. The molecular weight excluding hydrogens is 387 g/mol. The third kappa shape index (κ3) is 3.43. The third-order valence-electron chi connectivity index (χ3n) is 4.28. The Hall–Kier alpha value is -3.00. The second kappa shape index (κ2) is 6.87. The first kappa shape index (κ1) is 18.4. The quantitative estimate of drug-likeness (QED) is 0.492. The van der Waals surface area contributed by atoms with Crippen molar-refractivity contribution in [3.05, 3.63) is 82.9 Å². The molecule has 0 saturated carbocycles. The van der Waals surface area contributed by atoms with Crippen molar-refractivity contribution in [2.24, 2.45) is 7.05 Å². The molecule has 0 saturated heterocycles. The van der Waals surface area contributed by atoms with Crippen LogP contribution in [-0.2, 0) is 13.2 Å². The summed E-state index contributed by atoms with van der Waals surface area (Å²) >= 11 is 1.38. The number of hydrogen-bond donors (Lipinski definition) is 0. The van der Waals surface area contributed by atoms with Gasteiger partial charge >= 0.3 is 11.9 Å². The molecule has 0 N–H and O–H groups in total. The van der Waals surface area contributed by atoms with Crippen molar-refractivity contribution in [1.82, 2.24) is 14.2 Å². The van der Waals surface area contributed by atoms with E-state index in [4.69, 9.17) is 0 Å². The fourth-order valence-electron chi connectivity index (χ4n) is 2.88. The lowest BCUT2D eigenvalue weighted by atomic mass is 10.1. The van der Waals surface area contributed by atoms with E-state index in [0.29, 0.717) is 10.5 Å². The van der Waals surface area contributed by atoms with E-state index < -0.39 is 11.7 Å². The second-order valence-corrected chi connectivity index (χ2v) is 7.29. The van der Waals surface area contributed by atoms with Gasteiger partial charge in [-0.15, -0.1) is 0 Å². The number of benzene rings is 2. The number of rotatable bonds is 3. The van der Waals surface area contributed by atoms with Crippen molar-refractivity contribution in [2.75, 3.05) is 0 Å². The second-order valence-electron chi connectivity index (χ2n) is 6.17. The number of fused-ring (bicyclic) bond motifs is 1. The van der Waals surface area contributed by atoms with E-state index in [9.17, 15) is 18.0 Å². The van der Waals surface area contributed by atoms with Crippen molar-refractivity contribution in [3.8, 4) is 11.1 Å². The molecule has 0 spiro atoms. The lowest BCUT2D eigenvalue weighted by molar-refractivity contribution is -0.137. The maximum atomic E-state index is 12.8. The van der Waals surface area contributed by atoms with Crippen LogP contribution >= 0.6 is 11.8 Å². The van der Waals surface area contributed by atoms with E-state index >= 15 is 0 Å². The smallest absolute Gasteiger partial charge is 0.250 e. The molecule has 2 aromatic heterocycles. The molecule has 0 radical (unpaired) electrons. The first-order valence-electron chi connectivity index (χ1n) is 8.33. The third-order valence-corrected chi connectivity index (χ3v) is 5.36. The van der Waals surface area contributed by atoms with Crippen LogP contribution in [0.25, 0.3) is 16.8 Å². The van der Waals surface area contributed by atoms with Gasteiger partial charge in [-0.05, 0) is 53.6 Å². The van der Waals surface area contributed by atoms with E-state index in [2.05, 4.69) is 5.10 Å². The molecule has 2 heterocycles. The predicted octanol–water partition coefficient (Wildman–Crippen LogP) is 4.87. The van der Waals surface area contributed by atoms with E-state index in [1.165, 1.54) is 33.0 Å². The fourth-order valence-corrected chi connectivity index (χ4v) is 3.85. The Morgan fingerprint density at radius 3 is 2.43 bits per heavy atom. The van der Waals surface area contributed by atoms with Crippen molar-refractivity contribution in [1.29, 1.82) is 0 Å². The summed E-state index contributed by atoms with van der Waals surface area (Å²) < 4.78 is 41.0. The minimum atomic E-state index is -4.35. The van der Waals surface area contributed by atoms with Crippen LogP contribution in [0.15, 0.2) is 81.4 Å². The number of halogens is 3. The molecule has 0 bridgehead atoms. The molecule has 0 fully saturated rings. The summed E-state index contributed by atoms with van der Waals surface area (Å²) in [6.07, 6.45) is -2.68. The van der Waals surface area contributed by atoms with Crippen LogP contribution in [0.3, 0.4) is 0 Å². The minimum absolute atomic E-state index is 0.228. The number of pyridine rings is 1. The van der Waals surface area contributed by atoms with Crippen molar-refractivity contribution in [2.45, 2.75) is 16.0 Å². The van der Waals surface area contributed by atoms with Gasteiger partial charge in [0.1, 0.15) is 0 Å². The van der Waals surface area contributed by atoms with Gasteiger partial charge in [-0.2, -0.15) is 18.3 Å². The predicted molar refractivity (Wildman–Crippen MR) is 101 cm³/mol. The Balaban J connectivity index is 1.70. The van der Waals surface area contributed by atoms with Crippen LogP contribution in [-0.4, -0.2) is 14.2 Å². The molecule has 0 aliphatic rings. The summed E-state index contributed by atoms with van der Waals surface area (Å²) in [6.45, 7) is 0. The highest BCUT2D eigenvalue weighted by atomic mass is 32.2. The van der Waals surface area contributed by atoms with E-state index in [-0.39, 0.29) is 5.69 Å². The van der Waals surface area contributed by atoms with Gasteiger partial charge in [0.15, 0.2) is 5.65 Å². The van der Waals surface area contributed by atoms with Crippen molar-refractivity contribution in [3.63, 3.8) is 0 Å². The fraction of sp³-hybridized carbons (Fsp3) is 0.100. The highest BCUT2D eigenvalue weighted by molar-refractivity contribution is 7.99. The zero-order valence-corrected chi connectivity index (χ0v) is 15.5. The van der Waals surface area contributed by atoms with E-state index in [1.807, 2.05) is 36.4 Å². The van der Waals surface area contributed by atoms with Crippen LogP contribution in [0.4, 0.5) is 13.2 Å². The van der Waals surface area contributed by atoms with Gasteiger partial charge in [0.25, 0.3) is 0 Å². The average molecular weight is 401 g/mol. The highest BCUT2D eigenvalue weighted by Gasteiger charge is 2.30.